The van der Waals surface area contributed by atoms with Gasteiger partial charge in [0.1, 0.15) is 0 Å². The molecule has 31 heavy (non-hydrogen) atoms. The second kappa shape index (κ2) is 10.4. The summed E-state index contributed by atoms with van der Waals surface area (Å²) in [7, 11) is 0. The summed E-state index contributed by atoms with van der Waals surface area (Å²) in [6, 6.07) is 17.8. The van der Waals surface area contributed by atoms with Crippen LogP contribution in [0.25, 0.3) is 11.3 Å². The number of ether oxygens (including phenoxy) is 1. The topological polar surface area (TPSA) is 60.3 Å². The van der Waals surface area contributed by atoms with Crippen molar-refractivity contribution in [2.75, 3.05) is 18.2 Å². The lowest BCUT2D eigenvalue weighted by atomic mass is 10.1. The number of anilines is 1. The van der Waals surface area contributed by atoms with Crippen molar-refractivity contribution in [1.29, 1.82) is 0 Å². The molecular formula is C25H28N2O3S. The van der Waals surface area contributed by atoms with E-state index in [-0.39, 0.29) is 11.9 Å². The van der Waals surface area contributed by atoms with E-state index in [4.69, 9.17) is 4.74 Å². The van der Waals surface area contributed by atoms with Crippen LogP contribution in [0, 0.1) is 13.8 Å². The van der Waals surface area contributed by atoms with Crippen LogP contribution in [0.5, 0.6) is 0 Å². The molecule has 0 saturated carbocycles. The van der Waals surface area contributed by atoms with Crippen LogP contribution in [0.15, 0.2) is 59.5 Å². The Kier molecular flexibility index (Phi) is 7.58. The monoisotopic (exact) mass is 436 g/mol. The highest BCUT2D eigenvalue weighted by atomic mass is 32.2. The molecule has 0 spiro atoms. The molecule has 0 aliphatic carbocycles. The first kappa shape index (κ1) is 22.7. The van der Waals surface area contributed by atoms with Gasteiger partial charge in [0.05, 0.1) is 12.2 Å². The van der Waals surface area contributed by atoms with E-state index in [0.717, 1.165) is 33.1 Å². The third-order valence-corrected chi connectivity index (χ3v) is 5.85. The van der Waals surface area contributed by atoms with Crippen LogP contribution in [-0.4, -0.2) is 29.3 Å². The number of esters is 1. The molecule has 0 saturated heterocycles. The highest BCUT2D eigenvalue weighted by Crippen LogP contribution is 2.27. The van der Waals surface area contributed by atoms with Gasteiger partial charge >= 0.3 is 5.97 Å². The number of benzene rings is 2. The predicted molar refractivity (Wildman–Crippen MR) is 127 cm³/mol. The van der Waals surface area contributed by atoms with E-state index >= 15 is 0 Å². The van der Waals surface area contributed by atoms with E-state index in [1.54, 1.807) is 18.7 Å². The quantitative estimate of drug-likeness (QED) is 0.363. The number of nitrogens with one attached hydrogen (secondary N) is 1. The Morgan fingerprint density at radius 1 is 1.06 bits per heavy atom. The largest absolute Gasteiger partial charge is 0.462 e. The number of aryl methyl sites for hydroxylation is 1. The molecule has 1 heterocycles. The smallest absolute Gasteiger partial charge is 0.339 e. The third kappa shape index (κ3) is 5.58. The first-order valence-electron chi connectivity index (χ1n) is 10.3. The number of thioether (sulfide) groups is 1. The second-order valence-electron chi connectivity index (χ2n) is 7.30. The number of hydrogen-bond donors (Lipinski definition) is 1. The first-order valence-corrected chi connectivity index (χ1v) is 11.5. The maximum absolute atomic E-state index is 12.6. The van der Waals surface area contributed by atoms with E-state index in [1.807, 2.05) is 79.3 Å². The summed E-state index contributed by atoms with van der Waals surface area (Å²) in [5, 5.41) is 2.97. The summed E-state index contributed by atoms with van der Waals surface area (Å²) in [5.74, 6) is -0.413. The molecule has 3 aromatic rings. The molecule has 6 heteroatoms. The molecular weight excluding hydrogens is 408 g/mol. The van der Waals surface area contributed by atoms with Crippen molar-refractivity contribution in [3.63, 3.8) is 0 Å². The van der Waals surface area contributed by atoms with E-state index in [9.17, 15) is 9.59 Å². The van der Waals surface area contributed by atoms with Gasteiger partial charge in [-0.05, 0) is 56.9 Å². The van der Waals surface area contributed by atoms with Crippen LogP contribution in [-0.2, 0) is 16.1 Å². The van der Waals surface area contributed by atoms with Crippen molar-refractivity contribution in [2.24, 2.45) is 0 Å². The molecule has 1 aromatic heterocycles. The van der Waals surface area contributed by atoms with Crippen molar-refractivity contribution in [3.8, 4) is 11.3 Å². The third-order valence-electron chi connectivity index (χ3n) is 5.13. The Bertz CT molecular complexity index is 1070. The van der Waals surface area contributed by atoms with Gasteiger partial charge < -0.3 is 14.6 Å². The minimum absolute atomic E-state index is 0.0705. The molecule has 0 fully saturated rings. The first-order chi connectivity index (χ1) is 14.9. The van der Waals surface area contributed by atoms with Crippen LogP contribution < -0.4 is 5.32 Å². The minimum Gasteiger partial charge on any atom is -0.462 e. The van der Waals surface area contributed by atoms with Gasteiger partial charge in [-0.15, -0.1) is 11.8 Å². The molecule has 0 aliphatic rings. The Hall–Kier alpha value is -2.99. The fourth-order valence-corrected chi connectivity index (χ4v) is 3.91. The maximum atomic E-state index is 12.6. The van der Waals surface area contributed by atoms with Gasteiger partial charge in [-0.2, -0.15) is 0 Å². The summed E-state index contributed by atoms with van der Waals surface area (Å²) in [6.45, 7) is 6.50. The predicted octanol–water partition coefficient (Wildman–Crippen LogP) is 5.70. The van der Waals surface area contributed by atoms with Crippen molar-refractivity contribution >= 4 is 29.3 Å². The molecule has 1 N–H and O–H groups in total. The van der Waals surface area contributed by atoms with E-state index in [0.29, 0.717) is 25.1 Å². The maximum Gasteiger partial charge on any atom is 0.339 e. The SMILES string of the molecule is CCOC(=O)c1cc(-c2ccc(C)cc2)n(CCC(=O)Nc2cccc(SC)c2)c1C. The zero-order valence-corrected chi connectivity index (χ0v) is 19.2. The number of carbonyl (C=O) groups is 2. The summed E-state index contributed by atoms with van der Waals surface area (Å²) in [5.41, 5.74) is 5.18. The van der Waals surface area contributed by atoms with E-state index in [2.05, 4.69) is 5.32 Å². The number of carbonyl (C=O) groups excluding carboxylic acids is 2. The molecule has 2 aromatic carbocycles. The molecule has 0 radical (unpaired) electrons. The average molecular weight is 437 g/mol. The fourth-order valence-electron chi connectivity index (χ4n) is 3.45. The van der Waals surface area contributed by atoms with E-state index < -0.39 is 0 Å². The molecule has 0 bridgehead atoms. The molecule has 1 amide bonds. The molecule has 0 atom stereocenters. The number of aromatic nitrogens is 1. The van der Waals surface area contributed by atoms with Gasteiger partial charge in [0, 0.05) is 34.9 Å². The van der Waals surface area contributed by atoms with Crippen LogP contribution in [0.3, 0.4) is 0 Å². The lowest BCUT2D eigenvalue weighted by Crippen LogP contribution is -2.16. The fraction of sp³-hybridized carbons (Fsp3) is 0.280. The zero-order chi connectivity index (χ0) is 22.4. The summed E-state index contributed by atoms with van der Waals surface area (Å²) >= 11 is 1.63. The Morgan fingerprint density at radius 3 is 2.48 bits per heavy atom. The van der Waals surface area contributed by atoms with Crippen molar-refractivity contribution in [2.45, 2.75) is 38.6 Å². The van der Waals surface area contributed by atoms with Crippen molar-refractivity contribution in [3.05, 3.63) is 71.4 Å². The molecule has 162 valence electrons. The lowest BCUT2D eigenvalue weighted by molar-refractivity contribution is -0.116. The number of nitrogens with zero attached hydrogens (tertiary/aromatic N) is 1. The highest BCUT2D eigenvalue weighted by molar-refractivity contribution is 7.98. The van der Waals surface area contributed by atoms with Gasteiger partial charge in [0.15, 0.2) is 0 Å². The highest BCUT2D eigenvalue weighted by Gasteiger charge is 2.20. The second-order valence-corrected chi connectivity index (χ2v) is 8.18. The van der Waals surface area contributed by atoms with Crippen LogP contribution in [0.1, 0.15) is 35.0 Å². The zero-order valence-electron chi connectivity index (χ0n) is 18.4. The standard InChI is InChI=1S/C25H28N2O3S/c1-5-30-25(29)22-16-23(19-11-9-17(2)10-12-19)27(18(22)3)14-13-24(28)26-20-7-6-8-21(15-20)31-4/h6-12,15-16H,5,13-14H2,1-4H3,(H,26,28). The average Bonchev–Trinajstić information content (AvgIpc) is 3.09. The summed E-state index contributed by atoms with van der Waals surface area (Å²) in [6.07, 6.45) is 2.30. The van der Waals surface area contributed by atoms with Crippen molar-refractivity contribution < 1.29 is 14.3 Å². The molecule has 0 unspecified atom stereocenters. The normalized spacial score (nSPS) is 10.7. The molecule has 3 rings (SSSR count). The van der Waals surface area contributed by atoms with Crippen molar-refractivity contribution in [1.82, 2.24) is 4.57 Å². The van der Waals surface area contributed by atoms with Crippen LogP contribution in [0.4, 0.5) is 5.69 Å². The van der Waals surface area contributed by atoms with Gasteiger partial charge in [-0.1, -0.05) is 35.9 Å². The Labute approximate surface area is 187 Å². The minimum atomic E-state index is -0.342. The number of hydrogen-bond acceptors (Lipinski definition) is 4. The Morgan fingerprint density at radius 2 is 1.81 bits per heavy atom. The van der Waals surface area contributed by atoms with Gasteiger partial charge in [-0.3, -0.25) is 4.79 Å². The number of rotatable bonds is 8. The lowest BCUT2D eigenvalue weighted by Gasteiger charge is -2.13. The van der Waals surface area contributed by atoms with Crippen LogP contribution >= 0.6 is 11.8 Å². The van der Waals surface area contributed by atoms with Gasteiger partial charge in [0.2, 0.25) is 5.91 Å². The summed E-state index contributed by atoms with van der Waals surface area (Å²) in [4.78, 5) is 26.1. The van der Waals surface area contributed by atoms with Gasteiger partial charge in [0.25, 0.3) is 0 Å². The molecule has 5 nitrogen and oxygen atoms in total. The van der Waals surface area contributed by atoms with E-state index in [1.165, 1.54) is 0 Å². The van der Waals surface area contributed by atoms with Crippen LogP contribution in [0.2, 0.25) is 0 Å². The summed E-state index contributed by atoms with van der Waals surface area (Å²) < 4.78 is 7.25. The molecule has 0 aliphatic heterocycles. The van der Waals surface area contributed by atoms with Gasteiger partial charge in [-0.25, -0.2) is 4.79 Å². The Balaban J connectivity index is 1.83. The number of amides is 1.